The van der Waals surface area contributed by atoms with Gasteiger partial charge < -0.3 is 19.4 Å². The van der Waals surface area contributed by atoms with Gasteiger partial charge in [0.25, 0.3) is 0 Å². The van der Waals surface area contributed by atoms with E-state index in [1.165, 1.54) is 6.08 Å². The molecule has 0 saturated carbocycles. The molecule has 1 aliphatic heterocycles. The largest absolute Gasteiger partial charge is 0.507 e. The molecule has 0 radical (unpaired) electrons. The number of nitrogens with zero attached hydrogens (tertiary/aromatic N) is 2. The smallest absolute Gasteiger partial charge is 0.339 e. The number of aromatic hydroxyl groups is 1. The number of phenolic OH excluding ortho intramolecular Hbond substituents is 1. The zero-order valence-corrected chi connectivity index (χ0v) is 17.5. The van der Waals surface area contributed by atoms with Gasteiger partial charge in [-0.15, -0.1) is 0 Å². The Balaban J connectivity index is 2.12. The normalized spacial score (nSPS) is 16.2. The minimum atomic E-state index is -1.20. The Labute approximate surface area is 184 Å². The van der Waals surface area contributed by atoms with Crippen LogP contribution in [-0.2, 0) is 4.74 Å². The molecular weight excluding hydrogens is 415 g/mol. The summed E-state index contributed by atoms with van der Waals surface area (Å²) in [6.45, 7) is 7.16. The third-order valence-corrected chi connectivity index (χ3v) is 5.71. The molecule has 0 amide bonds. The predicted octanol–water partition coefficient (Wildman–Crippen LogP) is 4.46. The van der Waals surface area contributed by atoms with Gasteiger partial charge in [-0.2, -0.15) is 0 Å². The number of hydrogen-bond donors (Lipinski definition) is 2. The van der Waals surface area contributed by atoms with Gasteiger partial charge in [0, 0.05) is 42.0 Å². The molecule has 4 rings (SSSR count). The van der Waals surface area contributed by atoms with Crippen molar-refractivity contribution in [2.45, 2.75) is 13.0 Å². The number of aryl methyl sites for hydroxylation is 1. The quantitative estimate of drug-likeness (QED) is 0.549. The first-order valence-corrected chi connectivity index (χ1v) is 10.2. The van der Waals surface area contributed by atoms with E-state index < -0.39 is 17.8 Å². The van der Waals surface area contributed by atoms with Crippen molar-refractivity contribution >= 4 is 22.8 Å². The summed E-state index contributed by atoms with van der Waals surface area (Å²) in [6, 6.07) is 3.01. The van der Waals surface area contributed by atoms with Crippen molar-refractivity contribution in [1.29, 1.82) is 0 Å². The number of furan rings is 1. The first kappa shape index (κ1) is 21.7. The number of aromatic carboxylic acids is 1. The van der Waals surface area contributed by atoms with Crippen LogP contribution >= 0.6 is 0 Å². The number of phenols is 1. The lowest BCUT2D eigenvalue weighted by molar-refractivity contribution is 0.0238. The second kappa shape index (κ2) is 8.94. The topological polar surface area (TPSA) is 96.0 Å². The number of ether oxygens (including phenoxy) is 1. The van der Waals surface area contributed by atoms with Crippen molar-refractivity contribution in [3.05, 3.63) is 77.3 Å². The van der Waals surface area contributed by atoms with E-state index in [2.05, 4.69) is 16.5 Å². The molecule has 1 unspecified atom stereocenters. The van der Waals surface area contributed by atoms with Crippen LogP contribution in [-0.4, -0.2) is 52.4 Å². The third-order valence-electron chi connectivity index (χ3n) is 5.71. The van der Waals surface area contributed by atoms with Gasteiger partial charge in [-0.1, -0.05) is 12.7 Å². The van der Waals surface area contributed by atoms with E-state index in [-0.39, 0.29) is 33.4 Å². The predicted molar refractivity (Wildman–Crippen MR) is 117 cm³/mol. The van der Waals surface area contributed by atoms with Crippen LogP contribution < -0.4 is 0 Å². The third kappa shape index (κ3) is 3.68. The minimum absolute atomic E-state index is 0.0500. The van der Waals surface area contributed by atoms with Crippen LogP contribution in [0.25, 0.3) is 16.8 Å². The first-order valence-electron chi connectivity index (χ1n) is 10.2. The van der Waals surface area contributed by atoms with E-state index in [0.29, 0.717) is 31.9 Å². The van der Waals surface area contributed by atoms with Gasteiger partial charge >= 0.3 is 5.97 Å². The number of morpholine rings is 1. The van der Waals surface area contributed by atoms with Gasteiger partial charge in [0.2, 0.25) is 0 Å². The highest BCUT2D eigenvalue weighted by atomic mass is 19.1. The molecule has 0 bridgehead atoms. The molecule has 2 N–H and O–H groups in total. The average Bonchev–Trinajstić information content (AvgIpc) is 3.24. The molecule has 1 atom stereocenters. The van der Waals surface area contributed by atoms with Crippen molar-refractivity contribution in [3.63, 3.8) is 0 Å². The Morgan fingerprint density at radius 1 is 1.31 bits per heavy atom. The highest BCUT2D eigenvalue weighted by Crippen LogP contribution is 2.47. The molecule has 166 valence electrons. The molecular formula is C24H23FN2O5. The molecule has 1 aliphatic rings. The zero-order valence-electron chi connectivity index (χ0n) is 17.5. The Hall–Kier alpha value is -3.49. The van der Waals surface area contributed by atoms with Gasteiger partial charge in [-0.05, 0) is 30.7 Å². The van der Waals surface area contributed by atoms with Gasteiger partial charge in [-0.3, -0.25) is 9.88 Å². The lowest BCUT2D eigenvalue weighted by atomic mass is 9.88. The van der Waals surface area contributed by atoms with Crippen LogP contribution in [0.3, 0.4) is 0 Å². The summed E-state index contributed by atoms with van der Waals surface area (Å²) < 4.78 is 26.2. The number of fused-ring (bicyclic) bond motifs is 1. The average molecular weight is 438 g/mol. The van der Waals surface area contributed by atoms with Crippen molar-refractivity contribution < 1.29 is 28.6 Å². The standard InChI is InChI=1S/C24H23FN2O5/c1-3-4-17(25)18-14(2)23-19(16(13-32-23)24(29)30)20(22(18)28)21(15-5-7-26-8-6-15)27-9-11-31-12-10-27/h3-8,13,21,28H,1,9-12H2,2H3,(H,29,30)/b17-4+. The lowest BCUT2D eigenvalue weighted by Crippen LogP contribution is -2.39. The van der Waals surface area contributed by atoms with Crippen molar-refractivity contribution in [2.75, 3.05) is 26.3 Å². The molecule has 2 aromatic heterocycles. The summed E-state index contributed by atoms with van der Waals surface area (Å²) in [6.07, 6.45) is 6.81. The van der Waals surface area contributed by atoms with Crippen LogP contribution in [0.4, 0.5) is 4.39 Å². The lowest BCUT2D eigenvalue weighted by Gasteiger charge is -2.36. The second-order valence-electron chi connectivity index (χ2n) is 7.50. The number of carboxylic acids is 1. The summed E-state index contributed by atoms with van der Waals surface area (Å²) in [7, 11) is 0. The number of carbonyl (C=O) groups is 1. The molecule has 0 spiro atoms. The Morgan fingerprint density at radius 2 is 2.00 bits per heavy atom. The van der Waals surface area contributed by atoms with E-state index in [9.17, 15) is 15.0 Å². The zero-order chi connectivity index (χ0) is 22.8. The number of carboxylic acid groups (broad SMARTS) is 1. The van der Waals surface area contributed by atoms with Crippen LogP contribution in [0.2, 0.25) is 0 Å². The fourth-order valence-electron chi connectivity index (χ4n) is 4.29. The maximum Gasteiger partial charge on any atom is 0.339 e. The van der Waals surface area contributed by atoms with E-state index >= 15 is 4.39 Å². The van der Waals surface area contributed by atoms with Crippen molar-refractivity contribution in [1.82, 2.24) is 9.88 Å². The van der Waals surface area contributed by atoms with Gasteiger partial charge in [0.15, 0.2) is 0 Å². The van der Waals surface area contributed by atoms with Crippen LogP contribution in [0.15, 0.2) is 53.9 Å². The Kier molecular flexibility index (Phi) is 6.07. The summed E-state index contributed by atoms with van der Waals surface area (Å²) in [4.78, 5) is 18.2. The van der Waals surface area contributed by atoms with E-state index in [0.717, 1.165) is 17.9 Å². The summed E-state index contributed by atoms with van der Waals surface area (Å²) in [5.74, 6) is -2.22. The molecule has 1 saturated heterocycles. The van der Waals surface area contributed by atoms with Crippen LogP contribution in [0.1, 0.15) is 38.7 Å². The fraction of sp³-hybridized carbons (Fsp3) is 0.250. The molecule has 1 fully saturated rings. The van der Waals surface area contributed by atoms with Crippen molar-refractivity contribution in [3.8, 4) is 5.75 Å². The molecule has 0 aliphatic carbocycles. The number of halogens is 1. The Morgan fingerprint density at radius 3 is 2.62 bits per heavy atom. The molecule has 32 heavy (non-hydrogen) atoms. The van der Waals surface area contributed by atoms with Crippen LogP contribution in [0.5, 0.6) is 5.75 Å². The van der Waals surface area contributed by atoms with Crippen LogP contribution in [0, 0.1) is 6.92 Å². The minimum Gasteiger partial charge on any atom is -0.507 e. The number of hydrogen-bond acceptors (Lipinski definition) is 6. The van der Waals surface area contributed by atoms with Crippen molar-refractivity contribution in [2.24, 2.45) is 0 Å². The highest BCUT2D eigenvalue weighted by Gasteiger charge is 2.34. The number of pyridine rings is 1. The number of rotatable bonds is 6. The maximum absolute atomic E-state index is 15.1. The van der Waals surface area contributed by atoms with E-state index in [1.807, 2.05) is 0 Å². The summed E-state index contributed by atoms with van der Waals surface area (Å²) >= 11 is 0. The molecule has 3 aromatic rings. The van der Waals surface area contributed by atoms with Gasteiger partial charge in [0.1, 0.15) is 29.0 Å². The number of benzene rings is 1. The second-order valence-corrected chi connectivity index (χ2v) is 7.50. The summed E-state index contributed by atoms with van der Waals surface area (Å²) in [5, 5.41) is 21.5. The number of aromatic nitrogens is 1. The summed E-state index contributed by atoms with van der Waals surface area (Å²) in [5.41, 5.74) is 1.42. The number of allylic oxidation sites excluding steroid dienone is 2. The molecule has 3 heterocycles. The van der Waals surface area contributed by atoms with E-state index in [4.69, 9.17) is 9.15 Å². The van der Waals surface area contributed by atoms with Gasteiger partial charge in [0.05, 0.1) is 24.8 Å². The fourth-order valence-corrected chi connectivity index (χ4v) is 4.29. The SMILES string of the molecule is C=C/C=C(/F)c1c(O)c(C(c2ccncc2)N2CCOCC2)c2c(C(=O)O)coc2c1C. The van der Waals surface area contributed by atoms with E-state index in [1.54, 1.807) is 31.5 Å². The maximum atomic E-state index is 15.1. The molecule has 1 aromatic carbocycles. The monoisotopic (exact) mass is 438 g/mol. The van der Waals surface area contributed by atoms with Gasteiger partial charge in [-0.25, -0.2) is 9.18 Å². The first-order chi connectivity index (χ1) is 15.5. The molecule has 7 nitrogen and oxygen atoms in total. The Bertz CT molecular complexity index is 1200. The molecule has 8 heteroatoms. The highest BCUT2D eigenvalue weighted by molar-refractivity contribution is 6.07.